The van der Waals surface area contributed by atoms with E-state index in [1.54, 1.807) is 0 Å². The molecule has 0 aromatic rings. The molecule has 0 radical (unpaired) electrons. The second kappa shape index (κ2) is 31.6. The van der Waals surface area contributed by atoms with Crippen molar-refractivity contribution >= 4 is 40.9 Å². The fraction of sp³-hybridized carbons (Fsp3) is 0.964. The maximum atomic E-state index is 7.17. The highest BCUT2D eigenvalue weighted by atomic mass is 28.4. The van der Waals surface area contributed by atoms with E-state index in [0.29, 0.717) is 13.6 Å². The molecule has 2 fully saturated rings. The van der Waals surface area contributed by atoms with E-state index < -0.39 is 40.9 Å². The molecule has 0 aromatic heterocycles. The maximum Gasteiger partial charge on any atom is 0.192 e. The second-order valence-corrected chi connectivity index (χ2v) is 54.1. The van der Waals surface area contributed by atoms with Gasteiger partial charge < -0.3 is 46.7 Å². The summed E-state index contributed by atoms with van der Waals surface area (Å²) >= 11 is 0. The average Bonchev–Trinajstić information content (AvgIpc) is 3.91. The molecule has 2 aliphatic heterocycles. The summed E-state index contributed by atoms with van der Waals surface area (Å²) in [5, 5.41) is 0.340. The number of allylic oxidation sites excluding steroid dienone is 1. The van der Waals surface area contributed by atoms with Crippen LogP contribution in [0.25, 0.3) is 0 Å². The van der Waals surface area contributed by atoms with Crippen molar-refractivity contribution in [1.82, 2.24) is 0 Å². The molecule has 0 aliphatic carbocycles. The minimum Gasteiger partial charge on any atom is -0.417 e. The molecule has 2 heterocycles. The van der Waals surface area contributed by atoms with E-state index in [2.05, 4.69) is 146 Å². The van der Waals surface area contributed by atoms with Gasteiger partial charge in [0, 0.05) is 50.6 Å². The summed E-state index contributed by atoms with van der Waals surface area (Å²) in [6, 6.07) is 3.37. The molecule has 2 rings (SSSR count). The SMILES string of the molecule is CCCC[C@H](O[Si](C)(C)C(C)(C)C)[C@@H](CC/C=C\[C@@H](OCOCC[Si](C)(C)C)[C@H]1CC[C@H]([C@H]2CC[C@H]([C@@H](CCCCCO[Si](C)(C)C(C)(C)C)OCOCC[Si](C)(C)C)O2)O1)OCOCC[Si](C)(C)C. The molecule has 0 saturated carbocycles. The van der Waals surface area contributed by atoms with Crippen molar-refractivity contribution in [2.45, 2.75) is 294 Å². The Hall–Kier alpha value is 0.424. The summed E-state index contributed by atoms with van der Waals surface area (Å²) in [5.41, 5.74) is 0. The molecular formula is C55H116O10Si5. The predicted molar refractivity (Wildman–Crippen MR) is 309 cm³/mol. The number of rotatable bonds is 38. The van der Waals surface area contributed by atoms with Crippen molar-refractivity contribution in [1.29, 1.82) is 0 Å². The lowest BCUT2D eigenvalue weighted by molar-refractivity contribution is -0.156. The molecule has 0 unspecified atom stereocenters. The van der Waals surface area contributed by atoms with Crippen LogP contribution in [0.3, 0.4) is 0 Å². The Morgan fingerprint density at radius 3 is 1.53 bits per heavy atom. The zero-order chi connectivity index (χ0) is 52.9. The number of hydrogen-bond acceptors (Lipinski definition) is 10. The van der Waals surface area contributed by atoms with Gasteiger partial charge in [-0.3, -0.25) is 0 Å². The third kappa shape index (κ3) is 28.0. The van der Waals surface area contributed by atoms with E-state index in [1.165, 1.54) is 0 Å². The van der Waals surface area contributed by atoms with E-state index in [0.717, 1.165) is 128 Å². The van der Waals surface area contributed by atoms with Crippen molar-refractivity contribution < 1.29 is 46.7 Å². The van der Waals surface area contributed by atoms with Crippen LogP contribution < -0.4 is 0 Å². The monoisotopic (exact) mass is 1080 g/mol. The van der Waals surface area contributed by atoms with Crippen LogP contribution in [0.15, 0.2) is 12.2 Å². The molecule has 2 aliphatic rings. The van der Waals surface area contributed by atoms with Crippen LogP contribution in [-0.2, 0) is 46.7 Å². The lowest BCUT2D eigenvalue weighted by Gasteiger charge is -2.41. The summed E-state index contributed by atoms with van der Waals surface area (Å²) < 4.78 is 65.6. The summed E-state index contributed by atoms with van der Waals surface area (Å²) in [7, 11) is -7.40. The largest absolute Gasteiger partial charge is 0.417 e. The highest BCUT2D eigenvalue weighted by molar-refractivity contribution is 6.77. The van der Waals surface area contributed by atoms with E-state index in [9.17, 15) is 0 Å². The van der Waals surface area contributed by atoms with Gasteiger partial charge in [-0.05, 0) is 112 Å². The zero-order valence-corrected chi connectivity index (χ0v) is 54.6. The summed E-state index contributed by atoms with van der Waals surface area (Å²) in [6.07, 6.45) is 17.2. The Kier molecular flexibility index (Phi) is 30.0. The van der Waals surface area contributed by atoms with Crippen LogP contribution in [-0.4, -0.2) is 136 Å². The Labute approximate surface area is 438 Å². The fourth-order valence-electron chi connectivity index (χ4n) is 8.13. The second-order valence-electron chi connectivity index (χ2n) is 27.7. The lowest BCUT2D eigenvalue weighted by Crippen LogP contribution is -2.47. The Morgan fingerprint density at radius 1 is 0.514 bits per heavy atom. The average molecular weight is 1080 g/mol. The third-order valence-corrected chi connectivity index (χ3v) is 29.4. The quantitative estimate of drug-likeness (QED) is 0.0258. The first-order chi connectivity index (χ1) is 32.3. The molecule has 15 heteroatoms. The van der Waals surface area contributed by atoms with Gasteiger partial charge in [0.25, 0.3) is 0 Å². The van der Waals surface area contributed by atoms with Gasteiger partial charge >= 0.3 is 0 Å². The lowest BCUT2D eigenvalue weighted by atomic mass is 10.0. The van der Waals surface area contributed by atoms with Crippen LogP contribution in [0, 0.1) is 0 Å². The van der Waals surface area contributed by atoms with Crippen LogP contribution >= 0.6 is 0 Å². The van der Waals surface area contributed by atoms with Crippen LogP contribution in [0.1, 0.15) is 132 Å². The highest BCUT2D eigenvalue weighted by Gasteiger charge is 2.43. The summed E-state index contributed by atoms with van der Waals surface area (Å²) in [6.45, 7) is 51.0. The minimum atomic E-state index is -2.05. The summed E-state index contributed by atoms with van der Waals surface area (Å²) in [4.78, 5) is 0. The third-order valence-electron chi connectivity index (χ3n) is 15.3. The van der Waals surface area contributed by atoms with Crippen LogP contribution in [0.5, 0.6) is 0 Å². The molecule has 0 spiro atoms. The van der Waals surface area contributed by atoms with Gasteiger partial charge in [0.15, 0.2) is 16.6 Å². The van der Waals surface area contributed by atoms with E-state index in [4.69, 9.17) is 46.7 Å². The van der Waals surface area contributed by atoms with E-state index in [1.807, 2.05) is 0 Å². The van der Waals surface area contributed by atoms with Crippen LogP contribution in [0.2, 0.25) is 113 Å². The topological polar surface area (TPSA) is 92.3 Å². The molecule has 0 aromatic carbocycles. The first kappa shape index (κ1) is 66.5. The molecule has 2 saturated heterocycles. The number of unbranched alkanes of at least 4 members (excludes halogenated alkanes) is 3. The van der Waals surface area contributed by atoms with Gasteiger partial charge in [-0.15, -0.1) is 0 Å². The predicted octanol–water partition coefficient (Wildman–Crippen LogP) is 15.7. The fourth-order valence-corrected chi connectivity index (χ4v) is 12.9. The van der Waals surface area contributed by atoms with Gasteiger partial charge in [0.2, 0.25) is 0 Å². The Bertz CT molecular complexity index is 1400. The number of hydrogen-bond donors (Lipinski definition) is 0. The van der Waals surface area contributed by atoms with E-state index >= 15 is 0 Å². The van der Waals surface area contributed by atoms with Gasteiger partial charge in [-0.2, -0.15) is 0 Å². The highest BCUT2D eigenvalue weighted by Crippen LogP contribution is 2.40. The minimum absolute atomic E-state index is 0.00100. The summed E-state index contributed by atoms with van der Waals surface area (Å²) in [5.74, 6) is 0. The van der Waals surface area contributed by atoms with Gasteiger partial charge in [0.1, 0.15) is 26.5 Å². The first-order valence-corrected chi connectivity index (χ1v) is 45.2. The van der Waals surface area contributed by atoms with Crippen molar-refractivity contribution in [2.24, 2.45) is 0 Å². The molecule has 0 bridgehead atoms. The van der Waals surface area contributed by atoms with Gasteiger partial charge in [-0.25, -0.2) is 0 Å². The van der Waals surface area contributed by atoms with Crippen LogP contribution in [0.4, 0.5) is 0 Å². The first-order valence-electron chi connectivity index (χ1n) is 28.2. The number of ether oxygens (including phenoxy) is 8. The Balaban J connectivity index is 2.18. The van der Waals surface area contributed by atoms with Crippen molar-refractivity contribution in [2.75, 3.05) is 46.8 Å². The zero-order valence-electron chi connectivity index (χ0n) is 49.6. The molecule has 10 nitrogen and oxygen atoms in total. The molecule has 0 amide bonds. The van der Waals surface area contributed by atoms with Crippen molar-refractivity contribution in [3.8, 4) is 0 Å². The van der Waals surface area contributed by atoms with Gasteiger partial charge in [-0.1, -0.05) is 145 Å². The molecule has 8 atom stereocenters. The van der Waals surface area contributed by atoms with Gasteiger partial charge in [0.05, 0.1) is 42.7 Å². The van der Waals surface area contributed by atoms with Crippen molar-refractivity contribution in [3.05, 3.63) is 12.2 Å². The maximum absolute atomic E-state index is 7.17. The molecule has 70 heavy (non-hydrogen) atoms. The Morgan fingerprint density at radius 2 is 1.01 bits per heavy atom. The van der Waals surface area contributed by atoms with Crippen molar-refractivity contribution in [3.63, 3.8) is 0 Å². The molecular weight excluding hydrogens is 961 g/mol. The smallest absolute Gasteiger partial charge is 0.192 e. The molecule has 0 N–H and O–H groups in total. The van der Waals surface area contributed by atoms with E-state index in [-0.39, 0.29) is 65.7 Å². The molecule has 416 valence electrons. The standard InChI is InChI=1S/C55H116O10Si5/c1-21-22-28-53(65-70(19,20)55(5,6)7)48(61-45-58-39-42-68(14,15)16)31-26-25-30-47(60-44-57-38-41-67(11,12)13)50-33-35-52(64-50)51-34-32-49(63-51)46(59-43-56-37-40-66(8,9)10)29-24-23-27-36-62-69(17,18)54(2,3)4/h25,30,46-53H,21-24,26-29,31-45H2,1-20H3/b30-25-/t46-,47-,48-,49-,50-,51-,52-,53+/m1/s1. The normalized spacial score (nSPS) is 22.1.